The molecule has 0 amide bonds. The molecule has 0 fully saturated rings. The number of rotatable bonds is 16. The van der Waals surface area contributed by atoms with Gasteiger partial charge >= 0.3 is 11.7 Å². The summed E-state index contributed by atoms with van der Waals surface area (Å²) in [7, 11) is 0. The number of aromatic nitrogens is 1. The van der Waals surface area contributed by atoms with Crippen molar-refractivity contribution >= 4 is 10.9 Å². The average molecular weight is 406 g/mol. The van der Waals surface area contributed by atoms with Crippen LogP contribution in [-0.2, 0) is 0 Å². The molecule has 5 heteroatoms. The van der Waals surface area contributed by atoms with Gasteiger partial charge in [0.25, 0.3) is 0 Å². The van der Waals surface area contributed by atoms with Crippen LogP contribution in [-0.4, -0.2) is 11.6 Å². The predicted octanol–water partition coefficient (Wildman–Crippen LogP) is 7.19. The van der Waals surface area contributed by atoms with E-state index in [2.05, 4.69) is 11.9 Å². The van der Waals surface area contributed by atoms with Gasteiger partial charge in [-0.3, -0.25) is 0 Å². The predicted molar refractivity (Wildman–Crippen MR) is 116 cm³/mol. The average Bonchev–Trinajstić information content (AvgIpc) is 2.70. The Morgan fingerprint density at radius 3 is 2.00 bits per heavy atom. The lowest BCUT2D eigenvalue weighted by Crippen LogP contribution is -2.07. The topological polar surface area (TPSA) is 52.3 Å². The molecule has 0 unspecified atom stereocenters. The standard InChI is InChI=1S/C24H36FNO3/c1-2-3-4-5-6-7-8-9-10-11-12-13-14-15-19-28-24-26-21-18-16-17-20(25)22(21)23(27)29-24/h16-18H,2-15,19H2,1H3. The summed E-state index contributed by atoms with van der Waals surface area (Å²) < 4.78 is 24.0. The van der Waals surface area contributed by atoms with Crippen LogP contribution < -0.4 is 10.4 Å². The summed E-state index contributed by atoms with van der Waals surface area (Å²) in [5.74, 6) is -0.623. The number of unbranched alkanes of at least 4 members (excludes halogenated alkanes) is 13. The largest absolute Gasteiger partial charge is 0.450 e. The fraction of sp³-hybridized carbons (Fsp3) is 0.667. The number of hydrogen-bond donors (Lipinski definition) is 0. The molecule has 4 nitrogen and oxygen atoms in total. The zero-order valence-electron chi connectivity index (χ0n) is 17.9. The summed E-state index contributed by atoms with van der Waals surface area (Å²) in [6, 6.07) is 4.31. The van der Waals surface area contributed by atoms with E-state index in [1.54, 1.807) is 6.07 Å². The minimum atomic E-state index is -0.746. The molecule has 1 aromatic heterocycles. The van der Waals surface area contributed by atoms with E-state index in [0.29, 0.717) is 6.61 Å². The molecule has 0 atom stereocenters. The van der Waals surface area contributed by atoms with E-state index in [4.69, 9.17) is 9.15 Å². The van der Waals surface area contributed by atoms with Gasteiger partial charge in [0.15, 0.2) is 0 Å². The molecule has 0 saturated heterocycles. The monoisotopic (exact) mass is 405 g/mol. The maximum absolute atomic E-state index is 13.6. The van der Waals surface area contributed by atoms with Crippen molar-refractivity contribution in [3.05, 3.63) is 34.4 Å². The van der Waals surface area contributed by atoms with Crippen LogP contribution in [0.5, 0.6) is 6.08 Å². The Morgan fingerprint density at radius 2 is 1.41 bits per heavy atom. The van der Waals surface area contributed by atoms with Crippen molar-refractivity contribution in [1.82, 2.24) is 4.98 Å². The summed E-state index contributed by atoms with van der Waals surface area (Å²) in [4.78, 5) is 15.9. The highest BCUT2D eigenvalue weighted by molar-refractivity contribution is 5.77. The number of benzene rings is 1. The van der Waals surface area contributed by atoms with Gasteiger partial charge in [0.2, 0.25) is 0 Å². The van der Waals surface area contributed by atoms with Gasteiger partial charge in [0.1, 0.15) is 11.2 Å². The minimum absolute atomic E-state index is 0.0807. The lowest BCUT2D eigenvalue weighted by atomic mass is 10.0. The third-order valence-corrected chi connectivity index (χ3v) is 5.31. The van der Waals surface area contributed by atoms with E-state index >= 15 is 0 Å². The number of halogens is 1. The van der Waals surface area contributed by atoms with Crippen LogP contribution in [0.15, 0.2) is 27.4 Å². The van der Waals surface area contributed by atoms with Gasteiger partial charge in [-0.2, -0.15) is 4.98 Å². The van der Waals surface area contributed by atoms with Crippen LogP contribution in [0.3, 0.4) is 0 Å². The van der Waals surface area contributed by atoms with Gasteiger partial charge in [-0.25, -0.2) is 9.18 Å². The molecule has 0 aliphatic carbocycles. The molecule has 0 spiro atoms. The van der Waals surface area contributed by atoms with E-state index in [0.717, 1.165) is 12.8 Å². The highest BCUT2D eigenvalue weighted by Gasteiger charge is 2.11. The van der Waals surface area contributed by atoms with E-state index in [-0.39, 0.29) is 17.0 Å². The van der Waals surface area contributed by atoms with Gasteiger partial charge < -0.3 is 9.15 Å². The summed E-state index contributed by atoms with van der Waals surface area (Å²) >= 11 is 0. The molecule has 0 bridgehead atoms. The van der Waals surface area contributed by atoms with Crippen LogP contribution in [0.1, 0.15) is 96.8 Å². The first kappa shape index (κ1) is 23.4. The molecule has 0 radical (unpaired) electrons. The molecule has 0 N–H and O–H groups in total. The highest BCUT2D eigenvalue weighted by Crippen LogP contribution is 2.16. The van der Waals surface area contributed by atoms with Crippen molar-refractivity contribution in [1.29, 1.82) is 0 Å². The van der Waals surface area contributed by atoms with E-state index in [1.807, 2.05) is 0 Å². The Labute approximate surface area is 173 Å². The van der Waals surface area contributed by atoms with Gasteiger partial charge in [0, 0.05) is 0 Å². The van der Waals surface area contributed by atoms with Crippen LogP contribution in [0.2, 0.25) is 0 Å². The summed E-state index contributed by atoms with van der Waals surface area (Å²) in [6.07, 6.45) is 18.1. The van der Waals surface area contributed by atoms with E-state index in [9.17, 15) is 9.18 Å². The van der Waals surface area contributed by atoms with Crippen molar-refractivity contribution in [3.63, 3.8) is 0 Å². The highest BCUT2D eigenvalue weighted by atomic mass is 19.1. The first-order valence-electron chi connectivity index (χ1n) is 11.4. The van der Waals surface area contributed by atoms with Gasteiger partial charge in [-0.05, 0) is 18.6 Å². The second-order valence-electron chi connectivity index (χ2n) is 7.85. The van der Waals surface area contributed by atoms with Crippen LogP contribution in [0.25, 0.3) is 10.9 Å². The number of hydrogen-bond acceptors (Lipinski definition) is 4. The normalized spacial score (nSPS) is 11.2. The fourth-order valence-corrected chi connectivity index (χ4v) is 3.58. The summed E-state index contributed by atoms with van der Waals surface area (Å²) in [5.41, 5.74) is -0.485. The number of ether oxygens (including phenoxy) is 1. The first-order valence-corrected chi connectivity index (χ1v) is 11.4. The van der Waals surface area contributed by atoms with Gasteiger partial charge in [-0.15, -0.1) is 0 Å². The quantitative estimate of drug-likeness (QED) is 0.277. The Kier molecular flexibility index (Phi) is 11.4. The van der Waals surface area contributed by atoms with Gasteiger partial charge in [0.05, 0.1) is 12.1 Å². The fourth-order valence-electron chi connectivity index (χ4n) is 3.58. The SMILES string of the molecule is CCCCCCCCCCCCCCCCOc1nc2cccc(F)c2c(=O)o1. The van der Waals surface area contributed by atoms with Gasteiger partial charge in [-0.1, -0.05) is 96.5 Å². The van der Waals surface area contributed by atoms with Crippen LogP contribution in [0.4, 0.5) is 4.39 Å². The maximum Gasteiger partial charge on any atom is 0.397 e. The minimum Gasteiger partial charge on any atom is -0.450 e. The molecule has 2 rings (SSSR count). The first-order chi connectivity index (χ1) is 14.2. The smallest absolute Gasteiger partial charge is 0.397 e. The lowest BCUT2D eigenvalue weighted by molar-refractivity contribution is 0.211. The van der Waals surface area contributed by atoms with Crippen molar-refractivity contribution < 1.29 is 13.5 Å². The second-order valence-corrected chi connectivity index (χ2v) is 7.85. The third-order valence-electron chi connectivity index (χ3n) is 5.31. The number of nitrogens with zero attached hydrogens (tertiary/aromatic N) is 1. The molecule has 29 heavy (non-hydrogen) atoms. The molecule has 162 valence electrons. The molecular formula is C24H36FNO3. The van der Waals surface area contributed by atoms with E-state index in [1.165, 1.54) is 89.2 Å². The Balaban J connectivity index is 1.47. The molecule has 0 aliphatic heterocycles. The molecule has 0 aliphatic rings. The van der Waals surface area contributed by atoms with Crippen molar-refractivity contribution in [2.24, 2.45) is 0 Å². The Hall–Kier alpha value is -1.91. The van der Waals surface area contributed by atoms with Crippen molar-refractivity contribution in [2.75, 3.05) is 6.61 Å². The zero-order valence-corrected chi connectivity index (χ0v) is 17.9. The van der Waals surface area contributed by atoms with Crippen molar-refractivity contribution in [3.8, 4) is 6.08 Å². The van der Waals surface area contributed by atoms with Crippen LogP contribution in [0, 0.1) is 5.82 Å². The Morgan fingerprint density at radius 1 is 0.862 bits per heavy atom. The second kappa shape index (κ2) is 14.1. The van der Waals surface area contributed by atoms with Crippen LogP contribution >= 0.6 is 0 Å². The molecule has 1 aromatic carbocycles. The lowest BCUT2D eigenvalue weighted by Gasteiger charge is -2.05. The summed E-state index contributed by atoms with van der Waals surface area (Å²) in [6.45, 7) is 2.71. The summed E-state index contributed by atoms with van der Waals surface area (Å²) in [5, 5.41) is -0.128. The maximum atomic E-state index is 13.6. The van der Waals surface area contributed by atoms with E-state index < -0.39 is 11.4 Å². The Bertz CT molecular complexity index is 759. The number of fused-ring (bicyclic) bond motifs is 1. The van der Waals surface area contributed by atoms with Crippen molar-refractivity contribution in [2.45, 2.75) is 96.8 Å². The zero-order chi connectivity index (χ0) is 20.7. The third kappa shape index (κ3) is 8.97. The molecule has 2 aromatic rings. The molecule has 0 saturated carbocycles. The molecular weight excluding hydrogens is 369 g/mol. The molecule has 1 heterocycles.